The fourth-order valence-electron chi connectivity index (χ4n) is 6.67. The quantitative estimate of drug-likeness (QED) is 0.187. The van der Waals surface area contributed by atoms with E-state index < -0.39 is 0 Å². The molecule has 1 N–H and O–H groups in total. The Kier molecular flexibility index (Phi) is 8.01. The highest BCUT2D eigenvalue weighted by Crippen LogP contribution is 2.46. The molecule has 0 radical (unpaired) electrons. The number of nitrogens with one attached hydrogen (secondary N) is 1. The van der Waals surface area contributed by atoms with Crippen molar-refractivity contribution in [3.8, 4) is 11.1 Å². The smallest absolute Gasteiger partial charge is 0.0399 e. The predicted molar refractivity (Wildman–Crippen MR) is 191 cm³/mol. The lowest BCUT2D eigenvalue weighted by Gasteiger charge is -2.25. The molecule has 3 unspecified atom stereocenters. The van der Waals surface area contributed by atoms with E-state index in [-0.39, 0.29) is 5.92 Å². The van der Waals surface area contributed by atoms with Gasteiger partial charge in [0, 0.05) is 44.8 Å². The van der Waals surface area contributed by atoms with Gasteiger partial charge >= 0.3 is 0 Å². The van der Waals surface area contributed by atoms with E-state index in [4.69, 9.17) is 0 Å². The molecular formula is C42H37NS. The number of fused-ring (bicyclic) bond motifs is 3. The van der Waals surface area contributed by atoms with E-state index in [0.29, 0.717) is 11.8 Å². The molecular weight excluding hydrogens is 551 g/mol. The monoisotopic (exact) mass is 587 g/mol. The first-order valence-electron chi connectivity index (χ1n) is 15.6. The third-order valence-electron chi connectivity index (χ3n) is 9.11. The summed E-state index contributed by atoms with van der Waals surface area (Å²) in [5, 5.41) is 6.22. The minimum absolute atomic E-state index is 0.220. The molecule has 1 aliphatic carbocycles. The van der Waals surface area contributed by atoms with Gasteiger partial charge in [-0.25, -0.2) is 0 Å². The van der Waals surface area contributed by atoms with Crippen molar-refractivity contribution in [2.24, 2.45) is 5.92 Å². The Hall–Kier alpha value is -4.66. The van der Waals surface area contributed by atoms with Crippen LogP contribution in [0.15, 0.2) is 152 Å². The molecule has 216 valence electrons. The third kappa shape index (κ3) is 5.42. The standard InChI is InChI=1S/C42H37NS/c1-29(30-14-6-3-7-15-30)31-22-24-33(25-23-31)35-26-27-36(42-41(35)37-20-12-13-21-40(37)44-42)38(32-16-8-4-9-17-32)28-39(43-2)34-18-10-5-11-19-34/h3-16,18-29,32,38,43H,17H2,1-2H3/b39-28-. The van der Waals surface area contributed by atoms with Crippen LogP contribution in [0.5, 0.6) is 0 Å². The molecule has 0 saturated heterocycles. The van der Waals surface area contributed by atoms with Gasteiger partial charge in [0.25, 0.3) is 0 Å². The second-order valence-corrected chi connectivity index (χ2v) is 12.7. The zero-order valence-corrected chi connectivity index (χ0v) is 26.1. The molecule has 1 heterocycles. The predicted octanol–water partition coefficient (Wildman–Crippen LogP) is 11.3. The van der Waals surface area contributed by atoms with Gasteiger partial charge in [0.05, 0.1) is 0 Å². The molecule has 2 heteroatoms. The topological polar surface area (TPSA) is 12.0 Å². The average molecular weight is 588 g/mol. The molecule has 0 fully saturated rings. The highest BCUT2D eigenvalue weighted by atomic mass is 32.1. The lowest BCUT2D eigenvalue weighted by atomic mass is 9.80. The van der Waals surface area contributed by atoms with Crippen LogP contribution in [0.25, 0.3) is 37.0 Å². The maximum Gasteiger partial charge on any atom is 0.0399 e. The van der Waals surface area contributed by atoms with Gasteiger partial charge in [-0.1, -0.05) is 153 Å². The summed E-state index contributed by atoms with van der Waals surface area (Å²) < 4.78 is 2.72. The number of hydrogen-bond donors (Lipinski definition) is 1. The summed E-state index contributed by atoms with van der Waals surface area (Å²) >= 11 is 1.93. The van der Waals surface area contributed by atoms with Crippen molar-refractivity contribution in [1.29, 1.82) is 0 Å². The van der Waals surface area contributed by atoms with Crippen LogP contribution in [0.1, 0.15) is 47.4 Å². The largest absolute Gasteiger partial charge is 0.388 e. The number of rotatable bonds is 8. The summed E-state index contributed by atoms with van der Waals surface area (Å²) in [5.41, 5.74) is 9.03. The summed E-state index contributed by atoms with van der Waals surface area (Å²) in [6, 6.07) is 44.4. The molecule has 7 rings (SSSR count). The van der Waals surface area contributed by atoms with E-state index in [0.717, 1.165) is 6.42 Å². The summed E-state index contributed by atoms with van der Waals surface area (Å²) in [5.74, 6) is 0.952. The van der Waals surface area contributed by atoms with Crippen LogP contribution in [0.3, 0.4) is 0 Å². The fraction of sp³-hybridized carbons (Fsp3) is 0.143. The van der Waals surface area contributed by atoms with E-state index in [2.05, 4.69) is 164 Å². The van der Waals surface area contributed by atoms with E-state index in [9.17, 15) is 0 Å². The minimum atomic E-state index is 0.220. The second-order valence-electron chi connectivity index (χ2n) is 11.7. The normalized spacial score (nSPS) is 16.3. The van der Waals surface area contributed by atoms with Gasteiger partial charge in [0.15, 0.2) is 0 Å². The highest BCUT2D eigenvalue weighted by molar-refractivity contribution is 7.26. The van der Waals surface area contributed by atoms with E-state index >= 15 is 0 Å². The highest BCUT2D eigenvalue weighted by Gasteiger charge is 2.25. The van der Waals surface area contributed by atoms with Crippen LogP contribution in [-0.2, 0) is 0 Å². The first-order chi connectivity index (χ1) is 21.7. The lowest BCUT2D eigenvalue weighted by Crippen LogP contribution is -2.14. The Balaban J connectivity index is 1.38. The molecule has 1 aliphatic rings. The number of allylic oxidation sites excluding steroid dienone is 5. The molecule has 0 bridgehead atoms. The van der Waals surface area contributed by atoms with E-state index in [1.807, 2.05) is 18.4 Å². The van der Waals surface area contributed by atoms with Gasteiger partial charge < -0.3 is 5.32 Å². The van der Waals surface area contributed by atoms with Crippen molar-refractivity contribution >= 4 is 37.2 Å². The van der Waals surface area contributed by atoms with E-state index in [1.165, 1.54) is 59.3 Å². The van der Waals surface area contributed by atoms with Crippen molar-refractivity contribution in [3.05, 3.63) is 174 Å². The van der Waals surface area contributed by atoms with Crippen LogP contribution < -0.4 is 5.32 Å². The Morgan fingerprint density at radius 1 is 0.773 bits per heavy atom. The van der Waals surface area contributed by atoms with Crippen LogP contribution in [0.4, 0.5) is 0 Å². The zero-order chi connectivity index (χ0) is 29.9. The Bertz CT molecular complexity index is 1980. The van der Waals surface area contributed by atoms with Crippen molar-refractivity contribution < 1.29 is 0 Å². The van der Waals surface area contributed by atoms with Gasteiger partial charge in [-0.3, -0.25) is 0 Å². The number of thiophene rings is 1. The fourth-order valence-corrected chi connectivity index (χ4v) is 7.96. The summed E-state index contributed by atoms with van der Waals surface area (Å²) in [6.45, 7) is 2.29. The molecule has 5 aromatic carbocycles. The van der Waals surface area contributed by atoms with Gasteiger partial charge in [-0.15, -0.1) is 11.3 Å². The maximum atomic E-state index is 3.52. The maximum absolute atomic E-state index is 3.52. The minimum Gasteiger partial charge on any atom is -0.388 e. The molecule has 3 atom stereocenters. The molecule has 0 spiro atoms. The van der Waals surface area contributed by atoms with Crippen LogP contribution in [0.2, 0.25) is 0 Å². The van der Waals surface area contributed by atoms with Crippen LogP contribution >= 0.6 is 11.3 Å². The first-order valence-corrected chi connectivity index (χ1v) is 16.4. The molecule has 1 nitrogen and oxygen atoms in total. The van der Waals surface area contributed by atoms with Crippen molar-refractivity contribution in [2.75, 3.05) is 7.05 Å². The molecule has 0 aliphatic heterocycles. The molecule has 1 aromatic heterocycles. The summed E-state index contributed by atoms with van der Waals surface area (Å²) in [7, 11) is 2.03. The molecule has 0 saturated carbocycles. The molecule has 0 amide bonds. The van der Waals surface area contributed by atoms with Crippen LogP contribution in [-0.4, -0.2) is 7.05 Å². The first kappa shape index (κ1) is 28.1. The number of benzene rings is 5. The second kappa shape index (κ2) is 12.5. The van der Waals surface area contributed by atoms with Gasteiger partial charge in [-0.05, 0) is 51.8 Å². The summed E-state index contributed by atoms with van der Waals surface area (Å²) in [6.07, 6.45) is 12.6. The van der Waals surface area contributed by atoms with Crippen molar-refractivity contribution in [1.82, 2.24) is 5.32 Å². The molecule has 6 aromatic rings. The third-order valence-corrected chi connectivity index (χ3v) is 10.3. The van der Waals surface area contributed by atoms with Crippen LogP contribution in [0, 0.1) is 5.92 Å². The summed E-state index contributed by atoms with van der Waals surface area (Å²) in [4.78, 5) is 0. The SMILES string of the molecule is CN/C(=C\C(c1ccc(-c2ccc(C(C)c3ccccc3)cc2)c2c1sc1ccccc12)C1C=CC=CC1)c1ccccc1. The Morgan fingerprint density at radius 3 is 2.20 bits per heavy atom. The van der Waals surface area contributed by atoms with Crippen molar-refractivity contribution in [2.45, 2.75) is 25.2 Å². The van der Waals surface area contributed by atoms with Gasteiger partial charge in [0.2, 0.25) is 0 Å². The molecule has 44 heavy (non-hydrogen) atoms. The Morgan fingerprint density at radius 2 is 1.48 bits per heavy atom. The number of hydrogen-bond acceptors (Lipinski definition) is 2. The van der Waals surface area contributed by atoms with Gasteiger partial charge in [0.1, 0.15) is 0 Å². The van der Waals surface area contributed by atoms with Gasteiger partial charge in [-0.2, -0.15) is 0 Å². The van der Waals surface area contributed by atoms with E-state index in [1.54, 1.807) is 0 Å². The van der Waals surface area contributed by atoms with Crippen molar-refractivity contribution in [3.63, 3.8) is 0 Å². The zero-order valence-electron chi connectivity index (χ0n) is 25.3. The lowest BCUT2D eigenvalue weighted by molar-refractivity contribution is 0.590. The average Bonchev–Trinajstić information content (AvgIpc) is 3.50. The Labute approximate surface area is 264 Å².